The molecular weight excluding hydrogens is 448 g/mol. The molecule has 0 saturated carbocycles. The minimum absolute atomic E-state index is 0.00522. The van der Waals surface area contributed by atoms with Gasteiger partial charge in [-0.05, 0) is 43.2 Å². The first kappa shape index (κ1) is 26.3. The zero-order chi connectivity index (χ0) is 25.2. The molecule has 0 radical (unpaired) electrons. The third-order valence-electron chi connectivity index (χ3n) is 6.01. The average Bonchev–Trinajstić information content (AvgIpc) is 2.85. The molecule has 1 fully saturated rings. The summed E-state index contributed by atoms with van der Waals surface area (Å²) in [5, 5.41) is 5.66. The molecule has 1 aliphatic rings. The fourth-order valence-electron chi connectivity index (χ4n) is 4.30. The standard InChI is InChI=1S/C26H36N4O5/c1-18-5-7-23(13-29-18)35-17-21-11-22(26(32)28-10-9-27-19(2)31)16-30(15-21)14-20-6-8-24(33-3)25(12-20)34-4/h5-8,12-13,21-22H,9-11,14-17H2,1-4H3,(H,27,31)(H,28,32)/t21-,22+/m0/s1. The number of aryl methyl sites for hydroxylation is 1. The number of aromatic nitrogens is 1. The monoisotopic (exact) mass is 484 g/mol. The number of nitrogens with one attached hydrogen (secondary N) is 2. The van der Waals surface area contributed by atoms with E-state index in [1.54, 1.807) is 20.4 Å². The summed E-state index contributed by atoms with van der Waals surface area (Å²) in [7, 11) is 3.24. The van der Waals surface area contributed by atoms with E-state index in [-0.39, 0.29) is 23.7 Å². The molecule has 0 bridgehead atoms. The molecule has 9 heteroatoms. The molecule has 0 spiro atoms. The van der Waals surface area contributed by atoms with Crippen LogP contribution in [0.25, 0.3) is 0 Å². The molecule has 1 aliphatic heterocycles. The van der Waals surface area contributed by atoms with Gasteiger partial charge in [-0.25, -0.2) is 0 Å². The first-order valence-corrected chi connectivity index (χ1v) is 11.9. The van der Waals surface area contributed by atoms with Gasteiger partial charge in [0.2, 0.25) is 11.8 Å². The molecule has 3 rings (SSSR count). The van der Waals surface area contributed by atoms with Crippen molar-refractivity contribution in [2.75, 3.05) is 47.0 Å². The van der Waals surface area contributed by atoms with E-state index in [1.165, 1.54) is 6.92 Å². The van der Waals surface area contributed by atoms with E-state index in [1.807, 2.05) is 37.3 Å². The molecule has 0 unspecified atom stereocenters. The number of likely N-dealkylation sites (tertiary alicyclic amines) is 1. The van der Waals surface area contributed by atoms with Crippen LogP contribution in [-0.4, -0.2) is 68.7 Å². The van der Waals surface area contributed by atoms with Crippen LogP contribution in [-0.2, 0) is 16.1 Å². The molecule has 2 atom stereocenters. The van der Waals surface area contributed by atoms with Gasteiger partial charge in [0, 0.05) is 51.3 Å². The predicted octanol–water partition coefficient (Wildman–Crippen LogP) is 2.18. The van der Waals surface area contributed by atoms with Crippen LogP contribution in [0.1, 0.15) is 24.6 Å². The Morgan fingerprint density at radius 3 is 2.51 bits per heavy atom. The fourth-order valence-corrected chi connectivity index (χ4v) is 4.30. The Kier molecular flexibility index (Phi) is 9.72. The van der Waals surface area contributed by atoms with Crippen LogP contribution >= 0.6 is 0 Å². The zero-order valence-corrected chi connectivity index (χ0v) is 21.0. The summed E-state index contributed by atoms with van der Waals surface area (Å²) < 4.78 is 16.8. The summed E-state index contributed by atoms with van der Waals surface area (Å²) in [6.45, 7) is 6.85. The van der Waals surface area contributed by atoms with Gasteiger partial charge in [0.25, 0.3) is 0 Å². The summed E-state index contributed by atoms with van der Waals surface area (Å²) in [4.78, 5) is 30.6. The molecular formula is C26H36N4O5. The van der Waals surface area contributed by atoms with E-state index in [0.717, 1.165) is 30.0 Å². The second-order valence-electron chi connectivity index (χ2n) is 8.90. The van der Waals surface area contributed by atoms with Gasteiger partial charge in [-0.1, -0.05) is 6.07 Å². The van der Waals surface area contributed by atoms with Crippen molar-refractivity contribution in [2.45, 2.75) is 26.8 Å². The minimum Gasteiger partial charge on any atom is -0.493 e. The van der Waals surface area contributed by atoms with Crippen molar-refractivity contribution in [3.8, 4) is 17.2 Å². The Morgan fingerprint density at radius 1 is 1.06 bits per heavy atom. The number of hydrogen-bond donors (Lipinski definition) is 2. The highest BCUT2D eigenvalue weighted by atomic mass is 16.5. The Labute approximate surface area is 207 Å². The first-order valence-electron chi connectivity index (χ1n) is 11.9. The fraction of sp³-hybridized carbons (Fsp3) is 0.500. The quantitative estimate of drug-likeness (QED) is 0.472. The third-order valence-corrected chi connectivity index (χ3v) is 6.01. The highest BCUT2D eigenvalue weighted by Crippen LogP contribution is 2.30. The minimum atomic E-state index is -0.175. The largest absolute Gasteiger partial charge is 0.493 e. The number of carbonyl (C=O) groups is 2. The normalized spacial score (nSPS) is 17.9. The summed E-state index contributed by atoms with van der Waals surface area (Å²) >= 11 is 0. The van der Waals surface area contributed by atoms with Crippen LogP contribution < -0.4 is 24.8 Å². The molecule has 2 amide bonds. The van der Waals surface area contributed by atoms with Gasteiger partial charge in [0.1, 0.15) is 5.75 Å². The van der Waals surface area contributed by atoms with E-state index in [2.05, 4.69) is 20.5 Å². The topological polar surface area (TPSA) is 102 Å². The molecule has 2 aromatic rings. The first-order chi connectivity index (χ1) is 16.9. The second kappa shape index (κ2) is 12.9. The number of piperidine rings is 1. The van der Waals surface area contributed by atoms with Gasteiger partial charge in [0.05, 0.1) is 32.9 Å². The van der Waals surface area contributed by atoms with E-state index in [0.29, 0.717) is 44.3 Å². The SMILES string of the molecule is COc1ccc(CN2C[C@@H](COc3ccc(C)nc3)C[C@@H](C(=O)NCCNC(C)=O)C2)cc1OC. The van der Waals surface area contributed by atoms with Gasteiger partial charge < -0.3 is 24.8 Å². The van der Waals surface area contributed by atoms with Crippen molar-refractivity contribution in [2.24, 2.45) is 11.8 Å². The molecule has 2 N–H and O–H groups in total. The predicted molar refractivity (Wildman–Crippen MR) is 133 cm³/mol. The molecule has 1 aromatic heterocycles. The van der Waals surface area contributed by atoms with Crippen molar-refractivity contribution < 1.29 is 23.8 Å². The number of rotatable bonds is 11. The van der Waals surface area contributed by atoms with Crippen molar-refractivity contribution in [3.05, 3.63) is 47.8 Å². The lowest BCUT2D eigenvalue weighted by Crippen LogP contribution is -2.48. The lowest BCUT2D eigenvalue weighted by atomic mass is 9.88. The number of hydrogen-bond acceptors (Lipinski definition) is 7. The van der Waals surface area contributed by atoms with E-state index in [4.69, 9.17) is 14.2 Å². The van der Waals surface area contributed by atoms with Crippen molar-refractivity contribution >= 4 is 11.8 Å². The van der Waals surface area contributed by atoms with E-state index < -0.39 is 0 Å². The Bertz CT molecular complexity index is 982. The lowest BCUT2D eigenvalue weighted by Gasteiger charge is -2.37. The number of amides is 2. The van der Waals surface area contributed by atoms with Crippen LogP contribution in [0.4, 0.5) is 0 Å². The van der Waals surface area contributed by atoms with Crippen molar-refractivity contribution in [1.29, 1.82) is 0 Å². The average molecular weight is 485 g/mol. The van der Waals surface area contributed by atoms with Gasteiger partial charge in [0.15, 0.2) is 11.5 Å². The number of carbonyl (C=O) groups excluding carboxylic acids is 2. The number of methoxy groups -OCH3 is 2. The summed E-state index contributed by atoms with van der Waals surface area (Å²) in [6, 6.07) is 9.72. The molecule has 1 aromatic carbocycles. The molecule has 35 heavy (non-hydrogen) atoms. The molecule has 190 valence electrons. The Balaban J connectivity index is 1.66. The number of nitrogens with zero attached hydrogens (tertiary/aromatic N) is 2. The number of ether oxygens (including phenoxy) is 3. The maximum absolute atomic E-state index is 12.9. The Hall–Kier alpha value is -3.33. The molecule has 9 nitrogen and oxygen atoms in total. The maximum Gasteiger partial charge on any atom is 0.224 e. The van der Waals surface area contributed by atoms with Gasteiger partial charge in [-0.15, -0.1) is 0 Å². The van der Waals surface area contributed by atoms with Crippen LogP contribution in [0.2, 0.25) is 0 Å². The lowest BCUT2D eigenvalue weighted by molar-refractivity contribution is -0.128. The highest BCUT2D eigenvalue weighted by molar-refractivity contribution is 5.79. The van der Waals surface area contributed by atoms with Crippen molar-refractivity contribution in [3.63, 3.8) is 0 Å². The maximum atomic E-state index is 12.9. The van der Waals surface area contributed by atoms with E-state index in [9.17, 15) is 9.59 Å². The van der Waals surface area contributed by atoms with Crippen LogP contribution in [0.3, 0.4) is 0 Å². The number of pyridine rings is 1. The highest BCUT2D eigenvalue weighted by Gasteiger charge is 2.32. The summed E-state index contributed by atoms with van der Waals surface area (Å²) in [5.41, 5.74) is 2.02. The summed E-state index contributed by atoms with van der Waals surface area (Å²) in [5.74, 6) is 1.98. The van der Waals surface area contributed by atoms with Gasteiger partial charge in [-0.3, -0.25) is 19.5 Å². The molecule has 1 saturated heterocycles. The van der Waals surface area contributed by atoms with Gasteiger partial charge in [-0.2, -0.15) is 0 Å². The Morgan fingerprint density at radius 2 is 1.83 bits per heavy atom. The van der Waals surface area contributed by atoms with E-state index >= 15 is 0 Å². The zero-order valence-electron chi connectivity index (χ0n) is 21.0. The number of benzene rings is 1. The van der Waals surface area contributed by atoms with Crippen LogP contribution in [0, 0.1) is 18.8 Å². The molecule has 0 aliphatic carbocycles. The van der Waals surface area contributed by atoms with Crippen LogP contribution in [0.5, 0.6) is 17.2 Å². The molecule has 2 heterocycles. The smallest absolute Gasteiger partial charge is 0.224 e. The van der Waals surface area contributed by atoms with Crippen molar-refractivity contribution in [1.82, 2.24) is 20.5 Å². The third kappa shape index (κ3) is 8.13. The van der Waals surface area contributed by atoms with Crippen LogP contribution in [0.15, 0.2) is 36.5 Å². The second-order valence-corrected chi connectivity index (χ2v) is 8.90. The summed E-state index contributed by atoms with van der Waals surface area (Å²) in [6.07, 6.45) is 2.46. The van der Waals surface area contributed by atoms with Gasteiger partial charge >= 0.3 is 0 Å².